The molecule has 0 aliphatic heterocycles. The van der Waals surface area contributed by atoms with E-state index in [0.717, 1.165) is 0 Å². The van der Waals surface area contributed by atoms with Crippen LogP contribution in [-0.2, 0) is 15.5 Å². The van der Waals surface area contributed by atoms with E-state index in [9.17, 15) is 13.2 Å². The number of nitrogens with zero attached hydrogens (tertiary/aromatic N) is 3. The molecule has 0 saturated heterocycles. The Hall–Kier alpha value is -2.78. The molecule has 9 nitrogen and oxygen atoms in total. The van der Waals surface area contributed by atoms with Gasteiger partial charge in [0, 0.05) is 33.7 Å². The van der Waals surface area contributed by atoms with Crippen molar-refractivity contribution < 1.29 is 22.7 Å². The number of para-hydroxylation sites is 2. The Balaban J connectivity index is 0.00000512. The van der Waals surface area contributed by atoms with Crippen LogP contribution in [0.5, 0.6) is 11.5 Å². The Morgan fingerprint density at radius 2 is 1.88 bits per heavy atom. The minimum absolute atomic E-state index is 0. The van der Waals surface area contributed by atoms with Crippen LogP contribution in [0.25, 0.3) is 10.4 Å². The largest absolute Gasteiger partial charge is 0.490 e. The topological polar surface area (TPSA) is 130 Å². The minimum atomic E-state index is -4.20. The quantitative estimate of drug-likeness (QED) is 0.162. The molecule has 1 N–H and O–H groups in total. The molecule has 0 unspecified atom stereocenters. The summed E-state index contributed by atoms with van der Waals surface area (Å²) in [7, 11) is 1.26. The van der Waals surface area contributed by atoms with Gasteiger partial charge in [0.05, 0.1) is 11.5 Å². The second-order valence-corrected chi connectivity index (χ2v) is 9.08. The third kappa shape index (κ3) is 8.05. The number of nitrogens with one attached hydrogen (secondary N) is 1. The Bertz CT molecular complexity index is 1070. The lowest BCUT2D eigenvalue weighted by Gasteiger charge is -2.16. The van der Waals surface area contributed by atoms with Crippen LogP contribution in [0.15, 0.2) is 52.5 Å². The molecule has 1 amide bonds. The van der Waals surface area contributed by atoms with Crippen molar-refractivity contribution in [3.05, 3.63) is 64.0 Å². The highest BCUT2D eigenvalue weighted by Crippen LogP contribution is 2.26. The van der Waals surface area contributed by atoms with E-state index in [1.165, 1.54) is 12.1 Å². The molecule has 0 heterocycles. The zero-order chi connectivity index (χ0) is 22.9. The van der Waals surface area contributed by atoms with Gasteiger partial charge in [-0.1, -0.05) is 25.6 Å². The monoisotopic (exact) mass is 482 g/mol. The van der Waals surface area contributed by atoms with E-state index in [-0.39, 0.29) is 23.9 Å². The van der Waals surface area contributed by atoms with Crippen molar-refractivity contribution in [2.24, 2.45) is 5.11 Å². The zero-order valence-corrected chi connectivity index (χ0v) is 18.7. The van der Waals surface area contributed by atoms with Gasteiger partial charge in [-0.15, -0.1) is 0 Å². The summed E-state index contributed by atoms with van der Waals surface area (Å²) in [6.45, 7) is 5.34. The van der Waals surface area contributed by atoms with Crippen molar-refractivity contribution in [2.75, 3.05) is 19.8 Å². The number of carbonyl (C=O) groups is 1. The fourth-order valence-corrected chi connectivity index (χ4v) is 4.00. The van der Waals surface area contributed by atoms with Crippen molar-refractivity contribution >= 4 is 25.6 Å². The SMILES string of the molecule is C.CCOc1ccccc1OCCN[C@H](C)Cc1ccc(C(=O)N=[N+]=[N-])c(S(=O)(=O)Cl)c1. The predicted octanol–water partition coefficient (Wildman–Crippen LogP) is 4.70. The third-order valence-electron chi connectivity index (χ3n) is 4.22. The van der Waals surface area contributed by atoms with Crippen LogP contribution in [0.3, 0.4) is 0 Å². The maximum absolute atomic E-state index is 11.9. The molecule has 2 aromatic rings. The van der Waals surface area contributed by atoms with E-state index < -0.39 is 15.0 Å². The summed E-state index contributed by atoms with van der Waals surface area (Å²) in [5.41, 5.74) is 8.80. The lowest BCUT2D eigenvalue weighted by molar-refractivity contribution is 0.0997. The number of carbonyl (C=O) groups excluding carboxylic acids is 1. The molecular weight excluding hydrogens is 456 g/mol. The lowest BCUT2D eigenvalue weighted by Crippen LogP contribution is -2.32. The molecule has 0 bridgehead atoms. The predicted molar refractivity (Wildman–Crippen MR) is 124 cm³/mol. The van der Waals surface area contributed by atoms with Crippen LogP contribution >= 0.6 is 10.7 Å². The number of hydrogen-bond acceptors (Lipinski definition) is 6. The smallest absolute Gasteiger partial charge is 0.262 e. The minimum Gasteiger partial charge on any atom is -0.490 e. The Morgan fingerprint density at radius 1 is 1.22 bits per heavy atom. The fraction of sp³-hybridized carbons (Fsp3) is 0.381. The maximum Gasteiger partial charge on any atom is 0.262 e. The zero-order valence-electron chi connectivity index (χ0n) is 17.1. The molecule has 0 aliphatic rings. The van der Waals surface area contributed by atoms with Gasteiger partial charge in [0.2, 0.25) is 0 Å². The van der Waals surface area contributed by atoms with Gasteiger partial charge in [-0.3, -0.25) is 4.79 Å². The van der Waals surface area contributed by atoms with Crippen LogP contribution in [0.1, 0.15) is 37.2 Å². The van der Waals surface area contributed by atoms with Gasteiger partial charge in [-0.25, -0.2) is 8.42 Å². The summed E-state index contributed by atoms with van der Waals surface area (Å²) < 4.78 is 35.0. The molecule has 2 aromatic carbocycles. The molecule has 32 heavy (non-hydrogen) atoms. The maximum atomic E-state index is 11.9. The van der Waals surface area contributed by atoms with Crippen molar-refractivity contribution in [1.29, 1.82) is 0 Å². The number of ether oxygens (including phenoxy) is 2. The Labute approximate surface area is 192 Å². The third-order valence-corrected chi connectivity index (χ3v) is 5.58. The van der Waals surface area contributed by atoms with Crippen molar-refractivity contribution in [3.8, 4) is 11.5 Å². The van der Waals surface area contributed by atoms with E-state index in [2.05, 4.69) is 15.3 Å². The average molecular weight is 483 g/mol. The van der Waals surface area contributed by atoms with Crippen LogP contribution in [-0.4, -0.2) is 40.1 Å². The van der Waals surface area contributed by atoms with Crippen LogP contribution in [0.4, 0.5) is 0 Å². The number of hydrogen-bond donors (Lipinski definition) is 1. The number of azide groups is 1. The summed E-state index contributed by atoms with van der Waals surface area (Å²) in [6, 6.07) is 11.6. The molecule has 1 atom stereocenters. The summed E-state index contributed by atoms with van der Waals surface area (Å²) >= 11 is 0. The highest BCUT2D eigenvalue weighted by atomic mass is 35.7. The number of rotatable bonds is 11. The van der Waals surface area contributed by atoms with Gasteiger partial charge in [0.25, 0.3) is 15.0 Å². The van der Waals surface area contributed by atoms with E-state index in [1.54, 1.807) is 6.07 Å². The standard InChI is InChI=1S/C20H23ClN4O5S.CH4/c1-3-29-17-6-4-5-7-18(17)30-11-10-23-14(2)12-15-8-9-16(20(26)24-25-22)19(13-15)31(21,27)28;/h4-9,13-14,23H,3,10-12H2,1-2H3;1H4/t14-;/m1./s1. The van der Waals surface area contributed by atoms with Crippen LogP contribution in [0, 0.1) is 0 Å². The van der Waals surface area contributed by atoms with E-state index in [1.807, 2.05) is 38.1 Å². The summed E-state index contributed by atoms with van der Waals surface area (Å²) in [6.07, 6.45) is 0.477. The van der Waals surface area contributed by atoms with E-state index in [0.29, 0.717) is 43.2 Å². The lowest BCUT2D eigenvalue weighted by atomic mass is 10.0. The van der Waals surface area contributed by atoms with Gasteiger partial charge >= 0.3 is 0 Å². The molecule has 11 heteroatoms. The average Bonchev–Trinajstić information content (AvgIpc) is 2.72. The fourth-order valence-electron chi connectivity index (χ4n) is 2.90. The number of benzene rings is 2. The Morgan fingerprint density at radius 3 is 2.47 bits per heavy atom. The van der Waals surface area contributed by atoms with Gasteiger partial charge in [-0.05, 0) is 60.7 Å². The first-order valence-corrected chi connectivity index (χ1v) is 11.8. The molecule has 174 valence electrons. The molecule has 0 spiro atoms. The van der Waals surface area contributed by atoms with Gasteiger partial charge in [-0.2, -0.15) is 0 Å². The molecule has 0 aliphatic carbocycles. The van der Waals surface area contributed by atoms with E-state index >= 15 is 0 Å². The van der Waals surface area contributed by atoms with Crippen molar-refractivity contribution in [2.45, 2.75) is 38.6 Å². The Kier molecular flexibility index (Phi) is 11.0. The first kappa shape index (κ1) is 27.3. The summed E-state index contributed by atoms with van der Waals surface area (Å²) in [5.74, 6) is 0.336. The first-order chi connectivity index (χ1) is 14.8. The van der Waals surface area contributed by atoms with E-state index in [4.69, 9.17) is 25.7 Å². The second kappa shape index (κ2) is 12.9. The van der Waals surface area contributed by atoms with Gasteiger partial charge in [0.15, 0.2) is 11.5 Å². The first-order valence-electron chi connectivity index (χ1n) is 9.51. The number of amides is 1. The molecule has 0 aromatic heterocycles. The highest BCUT2D eigenvalue weighted by Gasteiger charge is 2.21. The molecule has 0 radical (unpaired) electrons. The summed E-state index contributed by atoms with van der Waals surface area (Å²) in [4.78, 5) is 13.8. The highest BCUT2D eigenvalue weighted by molar-refractivity contribution is 8.13. The van der Waals surface area contributed by atoms with Crippen molar-refractivity contribution in [3.63, 3.8) is 0 Å². The second-order valence-electron chi connectivity index (χ2n) is 6.55. The van der Waals surface area contributed by atoms with Crippen LogP contribution < -0.4 is 14.8 Å². The molecular formula is C21H27ClN4O5S. The van der Waals surface area contributed by atoms with Crippen molar-refractivity contribution in [1.82, 2.24) is 5.32 Å². The number of halogens is 1. The summed E-state index contributed by atoms with van der Waals surface area (Å²) in [5, 5.41) is 6.22. The van der Waals surface area contributed by atoms with Gasteiger partial charge in [0.1, 0.15) is 6.61 Å². The van der Waals surface area contributed by atoms with Crippen LogP contribution in [0.2, 0.25) is 0 Å². The van der Waals surface area contributed by atoms with Gasteiger partial charge < -0.3 is 14.8 Å². The molecule has 0 saturated carbocycles. The molecule has 2 rings (SSSR count). The molecule has 0 fully saturated rings. The normalized spacial score (nSPS) is 11.6.